The van der Waals surface area contributed by atoms with Gasteiger partial charge in [-0.3, -0.25) is 0 Å². The van der Waals surface area contributed by atoms with Gasteiger partial charge in [0.05, 0.1) is 22.3 Å². The molecule has 4 aliphatic carbocycles. The predicted molar refractivity (Wildman–Crippen MR) is 235 cm³/mol. The molecule has 0 N–H and O–H groups in total. The second-order valence-electron chi connectivity index (χ2n) is 15.1. The summed E-state index contributed by atoms with van der Waals surface area (Å²) in [6.07, 6.45) is 79.3. The minimum atomic E-state index is -1.27. The van der Waals surface area contributed by atoms with Crippen molar-refractivity contribution in [3.05, 3.63) is 138 Å². The summed E-state index contributed by atoms with van der Waals surface area (Å²) in [5, 5.41) is 0. The molecular weight excluding hydrogens is 697 g/mol. The molecule has 4 aromatic rings. The van der Waals surface area contributed by atoms with Gasteiger partial charge in [-0.05, 0) is 90.5 Å². The molecule has 8 rings (SSSR count). The normalized spacial score (nSPS) is 21.2. The smallest absolute Gasteiger partial charge is 0.0558 e. The number of hydrogen-bond donors (Lipinski definition) is 0. The Morgan fingerprint density at radius 2 is 0.552 bits per heavy atom. The molecule has 0 aliphatic heterocycles. The fourth-order valence-electron chi connectivity index (χ4n) is 11.7. The monoisotopic (exact) mass is 728 g/mol. The van der Waals surface area contributed by atoms with Crippen molar-refractivity contribution >= 4 is 0 Å². The van der Waals surface area contributed by atoms with Crippen LogP contribution in [0.15, 0.2) is 48.5 Å². The second kappa shape index (κ2) is 14.0. The summed E-state index contributed by atoms with van der Waals surface area (Å²) in [6, 6.07) is 15.4. The molecular formula is C58H32. The van der Waals surface area contributed by atoms with Crippen molar-refractivity contribution in [2.75, 3.05) is 0 Å². The Balaban J connectivity index is 1.90. The molecule has 0 nitrogen and oxygen atoms in total. The zero-order chi connectivity index (χ0) is 41.6. The molecule has 0 unspecified atom stereocenters. The topological polar surface area (TPSA) is 0 Å². The van der Waals surface area contributed by atoms with Crippen molar-refractivity contribution in [1.82, 2.24) is 0 Å². The summed E-state index contributed by atoms with van der Waals surface area (Å²) in [7, 11) is 0. The summed E-state index contributed by atoms with van der Waals surface area (Å²) in [6.45, 7) is 0. The summed E-state index contributed by atoms with van der Waals surface area (Å²) < 4.78 is 0. The summed E-state index contributed by atoms with van der Waals surface area (Å²) >= 11 is 0. The lowest BCUT2D eigenvalue weighted by molar-refractivity contribution is -0.0908. The van der Waals surface area contributed by atoms with Gasteiger partial charge in [-0.1, -0.05) is 95.3 Å². The minimum Gasteiger partial charge on any atom is -0.115 e. The van der Waals surface area contributed by atoms with Gasteiger partial charge < -0.3 is 0 Å². The maximum Gasteiger partial charge on any atom is 0.0558 e. The van der Waals surface area contributed by atoms with Crippen LogP contribution in [0.3, 0.4) is 0 Å². The molecule has 58 heavy (non-hydrogen) atoms. The van der Waals surface area contributed by atoms with E-state index in [0.717, 1.165) is 17.5 Å². The summed E-state index contributed by atoms with van der Waals surface area (Å²) in [5.74, 6) is 34.6. The van der Waals surface area contributed by atoms with E-state index in [9.17, 15) is 0 Å². The molecule has 0 spiro atoms. The Morgan fingerprint density at radius 3 is 0.793 bits per heavy atom. The molecule has 4 fully saturated rings. The maximum atomic E-state index is 6.62. The van der Waals surface area contributed by atoms with E-state index >= 15 is 0 Å². The van der Waals surface area contributed by atoms with Crippen LogP contribution >= 0.6 is 0 Å². The van der Waals surface area contributed by atoms with Crippen molar-refractivity contribution in [2.45, 2.75) is 48.3 Å². The van der Waals surface area contributed by atoms with E-state index in [1.54, 1.807) is 0 Å². The van der Waals surface area contributed by atoms with E-state index in [0.29, 0.717) is 104 Å². The van der Waals surface area contributed by atoms with Gasteiger partial charge in [-0.2, -0.15) is 0 Å². The molecule has 0 heteroatoms. The largest absolute Gasteiger partial charge is 0.115 e. The predicted octanol–water partition coefficient (Wildman–Crippen LogP) is 7.85. The fourth-order valence-corrected chi connectivity index (χ4v) is 11.7. The van der Waals surface area contributed by atoms with E-state index < -0.39 is 16.2 Å². The van der Waals surface area contributed by atoms with Gasteiger partial charge >= 0.3 is 0 Å². The third-order valence-electron chi connectivity index (χ3n) is 13.1. The molecule has 4 aromatic carbocycles. The number of terminal acetylenes is 12. The molecule has 0 amide bonds. The standard InChI is InChI=1S/C58H32/c1-13-40-25-29-52(48(21-9)44(40)17-5)56-34-38-33-39(35-56)37-57(36-38,53-30-26-41(14-2)45(18-6)49(53)22-10)58(56,54-31-27-42(15-3)46(19-7)50(54)23-11)55-32-28-43(16-4)47(20-8)51(55)24-12/h1-12,25-32,38-39H,33-37H2. The average molecular weight is 729 g/mol. The molecule has 0 radical (unpaired) electrons. The highest BCUT2D eigenvalue weighted by Crippen LogP contribution is 2.77. The zero-order valence-electron chi connectivity index (χ0n) is 31.7. The minimum absolute atomic E-state index is 0.165. The lowest BCUT2D eigenvalue weighted by Crippen LogP contribution is -2.73. The first kappa shape index (κ1) is 37.9. The summed E-state index contributed by atoms with van der Waals surface area (Å²) in [5.41, 5.74) is 5.33. The second-order valence-corrected chi connectivity index (χ2v) is 15.1. The first-order valence-electron chi connectivity index (χ1n) is 18.5. The van der Waals surface area contributed by atoms with Crippen LogP contribution in [0.5, 0.6) is 0 Å². The van der Waals surface area contributed by atoms with Crippen molar-refractivity contribution in [3.8, 4) is 148 Å². The lowest BCUT2D eigenvalue weighted by atomic mass is 9.28. The highest BCUT2D eigenvalue weighted by molar-refractivity contribution is 5.76. The number of rotatable bonds is 4. The highest BCUT2D eigenvalue weighted by Gasteiger charge is 2.75. The van der Waals surface area contributed by atoms with Crippen LogP contribution in [0.4, 0.5) is 0 Å². The molecule has 4 bridgehead atoms. The molecule has 0 atom stereocenters. The van der Waals surface area contributed by atoms with Crippen LogP contribution in [-0.2, 0) is 16.2 Å². The third kappa shape index (κ3) is 4.62. The Labute approximate surface area is 344 Å². The molecule has 0 saturated heterocycles. The Hall–Kier alpha value is -8.40. The van der Waals surface area contributed by atoms with Crippen molar-refractivity contribution < 1.29 is 0 Å². The first-order chi connectivity index (χ1) is 28.2. The van der Waals surface area contributed by atoms with Crippen molar-refractivity contribution in [3.63, 3.8) is 0 Å². The van der Waals surface area contributed by atoms with Crippen LogP contribution in [0.25, 0.3) is 0 Å². The third-order valence-corrected chi connectivity index (χ3v) is 13.1. The van der Waals surface area contributed by atoms with Crippen molar-refractivity contribution in [1.29, 1.82) is 0 Å². The zero-order valence-corrected chi connectivity index (χ0v) is 31.7. The van der Waals surface area contributed by atoms with Crippen LogP contribution in [0, 0.1) is 160 Å². The van der Waals surface area contributed by atoms with E-state index in [1.165, 1.54) is 0 Å². The van der Waals surface area contributed by atoms with Gasteiger partial charge in [0.2, 0.25) is 0 Å². The van der Waals surface area contributed by atoms with Crippen LogP contribution in [0.1, 0.15) is 121 Å². The van der Waals surface area contributed by atoms with E-state index in [1.807, 2.05) is 48.5 Å². The average Bonchev–Trinajstić information content (AvgIpc) is 3.26. The number of benzene rings is 4. The van der Waals surface area contributed by atoms with Gasteiger partial charge in [0.25, 0.3) is 0 Å². The quantitative estimate of drug-likeness (QED) is 0.188. The lowest BCUT2D eigenvalue weighted by Gasteiger charge is -2.74. The van der Waals surface area contributed by atoms with Crippen LogP contribution in [-0.4, -0.2) is 0 Å². The van der Waals surface area contributed by atoms with Gasteiger partial charge in [0, 0.05) is 60.8 Å². The van der Waals surface area contributed by atoms with Gasteiger partial charge in [0.1, 0.15) is 0 Å². The Morgan fingerprint density at radius 1 is 0.310 bits per heavy atom. The molecule has 4 aliphatic rings. The first-order valence-corrected chi connectivity index (χ1v) is 18.5. The molecule has 4 saturated carbocycles. The Kier molecular flexibility index (Phi) is 9.17. The maximum absolute atomic E-state index is 6.62. The highest BCUT2D eigenvalue weighted by atomic mass is 14.8. The SMILES string of the molecule is C#Cc1ccc(C23CC4CC(C2)CC(c2ccc(C#C)c(C#C)c2C#C)(C4)C3(c2ccc(C#C)c(C#C)c2C#C)c2ccc(C#C)c(C#C)c2C#C)c(C#C)c1C#C. The van der Waals surface area contributed by atoms with E-state index in [4.69, 9.17) is 77.1 Å². The van der Waals surface area contributed by atoms with Crippen LogP contribution in [0.2, 0.25) is 0 Å². The molecule has 264 valence electrons. The molecule has 0 aromatic heterocycles. The number of hydrogen-bond acceptors (Lipinski definition) is 0. The summed E-state index contributed by atoms with van der Waals surface area (Å²) in [4.78, 5) is 0. The van der Waals surface area contributed by atoms with Gasteiger partial charge in [-0.25, -0.2) is 0 Å². The fraction of sp³-hybridized carbons (Fsp3) is 0.172. The van der Waals surface area contributed by atoms with Crippen molar-refractivity contribution in [2.24, 2.45) is 11.8 Å². The molecule has 0 heterocycles. The van der Waals surface area contributed by atoms with E-state index in [2.05, 4.69) is 71.0 Å². The Bertz CT molecular complexity index is 2860. The van der Waals surface area contributed by atoms with Gasteiger partial charge in [0.15, 0.2) is 0 Å². The van der Waals surface area contributed by atoms with Gasteiger partial charge in [-0.15, -0.1) is 77.1 Å². The van der Waals surface area contributed by atoms with Crippen LogP contribution < -0.4 is 0 Å². The van der Waals surface area contributed by atoms with E-state index in [-0.39, 0.29) is 11.8 Å².